The molecule has 4 rings (SSSR count). The van der Waals surface area contributed by atoms with Crippen LogP contribution in [0.3, 0.4) is 0 Å². The van der Waals surface area contributed by atoms with Gasteiger partial charge in [0, 0.05) is 17.8 Å². The van der Waals surface area contributed by atoms with E-state index in [0.29, 0.717) is 0 Å². The summed E-state index contributed by atoms with van der Waals surface area (Å²) in [7, 11) is 0. The van der Waals surface area contributed by atoms with Crippen molar-refractivity contribution in [3.63, 3.8) is 0 Å². The smallest absolute Gasteiger partial charge is 0.0927 e. The van der Waals surface area contributed by atoms with Crippen LogP contribution in [0.15, 0.2) is 67.0 Å². The molecule has 0 amide bonds. The standard InChI is InChI=1S/C20H17N3O/c24-14-15-11-12-23(13-15)20-8-4-1-5-16(20)9-10-19-17-6-2-3-7-18(17)21-22-19/h1-13,24H,14H2,(H,21,22)/b10-9+. The number of benzene rings is 2. The Kier molecular flexibility index (Phi) is 3.73. The van der Waals surface area contributed by atoms with Gasteiger partial charge in [-0.25, -0.2) is 0 Å². The first-order valence-electron chi connectivity index (χ1n) is 7.83. The fourth-order valence-electron chi connectivity index (χ4n) is 2.83. The van der Waals surface area contributed by atoms with Crippen molar-refractivity contribution in [3.8, 4) is 5.69 Å². The molecule has 4 heteroatoms. The average molecular weight is 315 g/mol. The molecule has 118 valence electrons. The van der Waals surface area contributed by atoms with Crippen molar-refractivity contribution < 1.29 is 5.11 Å². The zero-order chi connectivity index (χ0) is 16.4. The molecule has 0 aliphatic heterocycles. The molecule has 2 N–H and O–H groups in total. The Morgan fingerprint density at radius 2 is 1.83 bits per heavy atom. The Bertz CT molecular complexity index is 1010. The first-order chi connectivity index (χ1) is 11.8. The molecule has 24 heavy (non-hydrogen) atoms. The summed E-state index contributed by atoms with van der Waals surface area (Å²) in [6.45, 7) is 0.0459. The Labute approximate surface area is 139 Å². The van der Waals surface area contributed by atoms with E-state index in [-0.39, 0.29) is 6.61 Å². The van der Waals surface area contributed by atoms with E-state index in [2.05, 4.69) is 34.5 Å². The monoisotopic (exact) mass is 315 g/mol. The van der Waals surface area contributed by atoms with Gasteiger partial charge < -0.3 is 9.67 Å². The molecule has 0 saturated heterocycles. The highest BCUT2D eigenvalue weighted by Crippen LogP contribution is 2.21. The summed E-state index contributed by atoms with van der Waals surface area (Å²) in [5, 5.41) is 17.8. The van der Waals surface area contributed by atoms with Crippen LogP contribution in [0.1, 0.15) is 16.8 Å². The van der Waals surface area contributed by atoms with E-state index < -0.39 is 0 Å². The lowest BCUT2D eigenvalue weighted by Gasteiger charge is -2.07. The lowest BCUT2D eigenvalue weighted by atomic mass is 10.1. The third-order valence-electron chi connectivity index (χ3n) is 4.07. The number of aromatic amines is 1. The SMILES string of the molecule is OCc1ccn(-c2ccccc2/C=C/c2n[nH]c3ccccc23)c1. The molecule has 0 aliphatic carbocycles. The minimum Gasteiger partial charge on any atom is -0.392 e. The zero-order valence-electron chi connectivity index (χ0n) is 13.1. The number of fused-ring (bicyclic) bond motifs is 1. The van der Waals surface area contributed by atoms with Gasteiger partial charge in [-0.3, -0.25) is 5.10 Å². The molecule has 2 aromatic heterocycles. The second-order valence-electron chi connectivity index (χ2n) is 5.63. The summed E-state index contributed by atoms with van der Waals surface area (Å²) in [6, 6.07) is 18.2. The van der Waals surface area contributed by atoms with E-state index in [4.69, 9.17) is 0 Å². The predicted octanol–water partition coefficient (Wildman–Crippen LogP) is 4.02. The number of aromatic nitrogens is 3. The van der Waals surface area contributed by atoms with E-state index in [9.17, 15) is 5.11 Å². The molecule has 0 saturated carbocycles. The highest BCUT2D eigenvalue weighted by molar-refractivity contribution is 5.89. The summed E-state index contributed by atoms with van der Waals surface area (Å²) in [4.78, 5) is 0. The van der Waals surface area contributed by atoms with Crippen LogP contribution in [-0.2, 0) is 6.61 Å². The van der Waals surface area contributed by atoms with Crippen LogP contribution >= 0.6 is 0 Å². The van der Waals surface area contributed by atoms with E-state index >= 15 is 0 Å². The van der Waals surface area contributed by atoms with Crippen molar-refractivity contribution in [2.45, 2.75) is 6.61 Å². The molecular weight excluding hydrogens is 298 g/mol. The number of aliphatic hydroxyl groups excluding tert-OH is 1. The Balaban J connectivity index is 1.72. The van der Waals surface area contributed by atoms with Gasteiger partial charge in [0.05, 0.1) is 23.5 Å². The van der Waals surface area contributed by atoms with Gasteiger partial charge in [0.15, 0.2) is 0 Å². The number of rotatable bonds is 4. The first kappa shape index (κ1) is 14.5. The normalized spacial score (nSPS) is 11.5. The van der Waals surface area contributed by atoms with E-state index in [1.165, 1.54) is 0 Å². The van der Waals surface area contributed by atoms with Crippen molar-refractivity contribution in [1.29, 1.82) is 0 Å². The van der Waals surface area contributed by atoms with Crippen LogP contribution in [0.4, 0.5) is 0 Å². The molecule has 2 aromatic carbocycles. The number of H-pyrrole nitrogens is 1. The lowest BCUT2D eigenvalue weighted by Crippen LogP contribution is -1.93. The molecule has 4 nitrogen and oxygen atoms in total. The summed E-state index contributed by atoms with van der Waals surface area (Å²) in [5.41, 5.74) is 5.00. The third kappa shape index (κ3) is 2.64. The predicted molar refractivity (Wildman–Crippen MR) is 96.7 cm³/mol. The fraction of sp³-hybridized carbons (Fsp3) is 0.0500. The maximum Gasteiger partial charge on any atom is 0.0927 e. The van der Waals surface area contributed by atoms with Gasteiger partial charge in [0.1, 0.15) is 0 Å². The van der Waals surface area contributed by atoms with Crippen molar-refractivity contribution in [2.75, 3.05) is 0 Å². The third-order valence-corrected chi connectivity index (χ3v) is 4.07. The highest BCUT2D eigenvalue weighted by Gasteiger charge is 2.04. The van der Waals surface area contributed by atoms with E-state index in [1.807, 2.05) is 59.4 Å². The Hall–Kier alpha value is -3.11. The number of nitrogens with zero attached hydrogens (tertiary/aromatic N) is 2. The number of hydrogen-bond acceptors (Lipinski definition) is 2. The van der Waals surface area contributed by atoms with Gasteiger partial charge in [0.25, 0.3) is 0 Å². The molecule has 0 unspecified atom stereocenters. The van der Waals surface area contributed by atoms with E-state index in [1.54, 1.807) is 0 Å². The van der Waals surface area contributed by atoms with Gasteiger partial charge >= 0.3 is 0 Å². The first-order valence-corrected chi connectivity index (χ1v) is 7.83. The maximum atomic E-state index is 9.26. The van der Waals surface area contributed by atoms with Crippen molar-refractivity contribution in [2.24, 2.45) is 0 Å². The van der Waals surface area contributed by atoms with Gasteiger partial charge in [0.2, 0.25) is 0 Å². The lowest BCUT2D eigenvalue weighted by molar-refractivity contribution is 0.282. The van der Waals surface area contributed by atoms with Gasteiger partial charge in [-0.2, -0.15) is 5.10 Å². The highest BCUT2D eigenvalue weighted by atomic mass is 16.3. The van der Waals surface area contributed by atoms with E-state index in [0.717, 1.165) is 33.4 Å². The van der Waals surface area contributed by atoms with Gasteiger partial charge in [-0.15, -0.1) is 0 Å². The van der Waals surface area contributed by atoms with Crippen LogP contribution in [0.2, 0.25) is 0 Å². The molecule has 4 aromatic rings. The topological polar surface area (TPSA) is 53.8 Å². The molecule has 2 heterocycles. The van der Waals surface area contributed by atoms with Crippen LogP contribution in [0.5, 0.6) is 0 Å². The Morgan fingerprint density at radius 1 is 1.00 bits per heavy atom. The van der Waals surface area contributed by atoms with Crippen molar-refractivity contribution in [1.82, 2.24) is 14.8 Å². The van der Waals surface area contributed by atoms with Crippen molar-refractivity contribution >= 4 is 23.1 Å². The average Bonchev–Trinajstić information content (AvgIpc) is 3.27. The zero-order valence-corrected chi connectivity index (χ0v) is 13.1. The molecule has 0 spiro atoms. The number of hydrogen-bond donors (Lipinski definition) is 2. The minimum absolute atomic E-state index is 0.0459. The Morgan fingerprint density at radius 3 is 2.71 bits per heavy atom. The number of nitrogens with one attached hydrogen (secondary N) is 1. The van der Waals surface area contributed by atoms with Crippen LogP contribution in [0, 0.1) is 0 Å². The molecule has 0 fully saturated rings. The second kappa shape index (κ2) is 6.18. The van der Waals surface area contributed by atoms with Gasteiger partial charge in [-0.05, 0) is 35.4 Å². The summed E-state index contributed by atoms with van der Waals surface area (Å²) in [6.07, 6.45) is 7.99. The minimum atomic E-state index is 0.0459. The second-order valence-corrected chi connectivity index (χ2v) is 5.63. The largest absolute Gasteiger partial charge is 0.392 e. The van der Waals surface area contributed by atoms with Crippen molar-refractivity contribution in [3.05, 3.63) is 83.8 Å². The van der Waals surface area contributed by atoms with Gasteiger partial charge in [-0.1, -0.05) is 42.5 Å². The van der Waals surface area contributed by atoms with Crippen LogP contribution in [-0.4, -0.2) is 19.9 Å². The molecule has 0 radical (unpaired) electrons. The fourth-order valence-corrected chi connectivity index (χ4v) is 2.83. The summed E-state index contributed by atoms with van der Waals surface area (Å²) in [5.74, 6) is 0. The summed E-state index contributed by atoms with van der Waals surface area (Å²) < 4.78 is 2.02. The molecule has 0 bridgehead atoms. The van der Waals surface area contributed by atoms with Crippen LogP contribution in [0.25, 0.3) is 28.7 Å². The number of aliphatic hydroxyl groups is 1. The molecule has 0 atom stereocenters. The molecule has 0 aliphatic rings. The van der Waals surface area contributed by atoms with Crippen LogP contribution < -0.4 is 0 Å². The molecular formula is C20H17N3O. The quantitative estimate of drug-likeness (QED) is 0.598. The summed E-state index contributed by atoms with van der Waals surface area (Å²) >= 11 is 0. The number of para-hydroxylation sites is 2. The maximum absolute atomic E-state index is 9.26.